The Morgan fingerprint density at radius 2 is 1.86 bits per heavy atom. The van der Waals surface area contributed by atoms with Gasteiger partial charge in [-0.25, -0.2) is 0 Å². The molecule has 1 heterocycles. The molecule has 3 aromatic rings. The standard InChI is InChI=1S/C17H15NO2S/c1-18-15-9-8-14(20-2)11-16(15)21-17(18)10-5-12-3-6-13(19)7-4-12/h3-11H,1-2H3/p+1. The van der Waals surface area contributed by atoms with E-state index >= 15 is 0 Å². The second-order valence-corrected chi connectivity index (χ2v) is 5.82. The van der Waals surface area contributed by atoms with Crippen molar-refractivity contribution < 1.29 is 14.4 Å². The van der Waals surface area contributed by atoms with Crippen molar-refractivity contribution in [3.05, 3.63) is 53.0 Å². The predicted molar refractivity (Wildman–Crippen MR) is 86.6 cm³/mol. The van der Waals surface area contributed by atoms with Crippen molar-refractivity contribution in [1.82, 2.24) is 0 Å². The molecule has 0 radical (unpaired) electrons. The fourth-order valence-corrected chi connectivity index (χ4v) is 3.26. The summed E-state index contributed by atoms with van der Waals surface area (Å²) in [7, 11) is 3.74. The summed E-state index contributed by atoms with van der Waals surface area (Å²) in [4.78, 5) is 0. The second kappa shape index (κ2) is 5.58. The highest BCUT2D eigenvalue weighted by molar-refractivity contribution is 7.18. The molecule has 0 aliphatic rings. The highest BCUT2D eigenvalue weighted by Gasteiger charge is 2.14. The molecule has 0 aliphatic carbocycles. The summed E-state index contributed by atoms with van der Waals surface area (Å²) in [6.45, 7) is 0. The SMILES string of the molecule is COc1ccc2c(c1)sc(/C=C/c1ccc(O)cc1)[n+]2C. The fraction of sp³-hybridized carbons (Fsp3) is 0.118. The van der Waals surface area contributed by atoms with Crippen molar-refractivity contribution in [2.75, 3.05) is 7.11 Å². The zero-order chi connectivity index (χ0) is 14.8. The molecule has 1 aromatic heterocycles. The molecule has 0 saturated heterocycles. The lowest BCUT2D eigenvalue weighted by molar-refractivity contribution is -0.642. The van der Waals surface area contributed by atoms with Crippen molar-refractivity contribution in [1.29, 1.82) is 0 Å². The fourth-order valence-electron chi connectivity index (χ4n) is 2.18. The minimum atomic E-state index is 0.284. The Labute approximate surface area is 127 Å². The lowest BCUT2D eigenvalue weighted by Gasteiger charge is -1.95. The molecule has 0 amide bonds. The van der Waals surface area contributed by atoms with Crippen LogP contribution in [0.2, 0.25) is 0 Å². The van der Waals surface area contributed by atoms with Crippen LogP contribution in [0, 0.1) is 0 Å². The van der Waals surface area contributed by atoms with E-state index in [1.165, 1.54) is 10.2 Å². The van der Waals surface area contributed by atoms with E-state index in [0.29, 0.717) is 0 Å². The molecule has 0 fully saturated rings. The summed E-state index contributed by atoms with van der Waals surface area (Å²) in [5.41, 5.74) is 2.24. The van der Waals surface area contributed by atoms with Crippen molar-refractivity contribution >= 4 is 33.7 Å². The average molecular weight is 298 g/mol. The third-order valence-electron chi connectivity index (χ3n) is 3.38. The van der Waals surface area contributed by atoms with Crippen LogP contribution in [0.25, 0.3) is 22.4 Å². The number of hydrogen-bond donors (Lipinski definition) is 1. The first-order valence-corrected chi connectivity index (χ1v) is 7.43. The highest BCUT2D eigenvalue weighted by Crippen LogP contribution is 2.25. The van der Waals surface area contributed by atoms with E-state index in [2.05, 4.69) is 29.8 Å². The normalized spacial score (nSPS) is 11.3. The Bertz CT molecular complexity index is 804. The van der Waals surface area contributed by atoms with Gasteiger partial charge in [-0.3, -0.25) is 0 Å². The summed E-state index contributed by atoms with van der Waals surface area (Å²) in [5, 5.41) is 10.5. The summed E-state index contributed by atoms with van der Waals surface area (Å²) >= 11 is 1.72. The zero-order valence-electron chi connectivity index (χ0n) is 11.9. The van der Waals surface area contributed by atoms with E-state index in [9.17, 15) is 5.11 Å². The quantitative estimate of drug-likeness (QED) is 0.749. The largest absolute Gasteiger partial charge is 0.508 e. The number of rotatable bonds is 3. The molecule has 2 aromatic carbocycles. The third-order valence-corrected chi connectivity index (χ3v) is 4.55. The second-order valence-electron chi connectivity index (χ2n) is 4.76. The number of methoxy groups -OCH3 is 1. The minimum absolute atomic E-state index is 0.284. The van der Waals surface area contributed by atoms with Crippen molar-refractivity contribution in [3.63, 3.8) is 0 Å². The first kappa shape index (κ1) is 13.6. The Kier molecular flexibility index (Phi) is 3.62. The lowest BCUT2D eigenvalue weighted by atomic mass is 10.2. The minimum Gasteiger partial charge on any atom is -0.508 e. The molecule has 106 valence electrons. The van der Waals surface area contributed by atoms with Gasteiger partial charge in [0.1, 0.15) is 23.2 Å². The van der Waals surface area contributed by atoms with Gasteiger partial charge in [0.05, 0.1) is 7.11 Å². The molecule has 21 heavy (non-hydrogen) atoms. The van der Waals surface area contributed by atoms with Crippen LogP contribution in [0.1, 0.15) is 10.6 Å². The number of hydrogen-bond acceptors (Lipinski definition) is 3. The Hall–Kier alpha value is -2.33. The maximum Gasteiger partial charge on any atom is 0.262 e. The van der Waals surface area contributed by atoms with Crippen LogP contribution in [-0.2, 0) is 7.05 Å². The number of aromatic hydroxyl groups is 1. The molecule has 0 atom stereocenters. The van der Waals surface area contributed by atoms with Gasteiger partial charge >= 0.3 is 0 Å². The van der Waals surface area contributed by atoms with Gasteiger partial charge in [-0.15, -0.1) is 0 Å². The van der Waals surface area contributed by atoms with E-state index in [1.807, 2.05) is 24.3 Å². The lowest BCUT2D eigenvalue weighted by Crippen LogP contribution is -2.28. The van der Waals surface area contributed by atoms with Gasteiger partial charge in [0.25, 0.3) is 5.01 Å². The van der Waals surface area contributed by atoms with Gasteiger partial charge in [0.2, 0.25) is 5.52 Å². The topological polar surface area (TPSA) is 33.3 Å². The number of phenols is 1. The van der Waals surface area contributed by atoms with Crippen LogP contribution in [0.3, 0.4) is 0 Å². The molecule has 4 heteroatoms. The molecule has 3 nitrogen and oxygen atoms in total. The first-order chi connectivity index (χ1) is 10.2. The molecule has 0 aliphatic heterocycles. The van der Waals surface area contributed by atoms with Crippen LogP contribution in [0.15, 0.2) is 42.5 Å². The molecular weight excluding hydrogens is 282 g/mol. The number of fused-ring (bicyclic) bond motifs is 1. The first-order valence-electron chi connectivity index (χ1n) is 6.61. The maximum absolute atomic E-state index is 9.29. The number of phenolic OH excluding ortho intramolecular Hbond substituents is 1. The van der Waals surface area contributed by atoms with Crippen LogP contribution < -0.4 is 9.30 Å². The van der Waals surface area contributed by atoms with Crippen LogP contribution in [0.4, 0.5) is 0 Å². The van der Waals surface area contributed by atoms with E-state index in [4.69, 9.17) is 4.74 Å². The van der Waals surface area contributed by atoms with Crippen LogP contribution in [-0.4, -0.2) is 12.2 Å². The molecule has 0 spiro atoms. The molecule has 3 rings (SSSR count). The smallest absolute Gasteiger partial charge is 0.262 e. The summed E-state index contributed by atoms with van der Waals surface area (Å²) in [6.07, 6.45) is 4.13. The Balaban J connectivity index is 1.96. The summed E-state index contributed by atoms with van der Waals surface area (Å²) in [6, 6.07) is 13.3. The summed E-state index contributed by atoms with van der Waals surface area (Å²) < 4.78 is 8.63. The molecule has 0 bridgehead atoms. The van der Waals surface area contributed by atoms with Gasteiger partial charge in [-0.2, -0.15) is 4.57 Å². The Morgan fingerprint density at radius 3 is 2.57 bits per heavy atom. The van der Waals surface area contributed by atoms with Crippen molar-refractivity contribution in [2.24, 2.45) is 7.05 Å². The van der Waals surface area contributed by atoms with Gasteiger partial charge in [-0.05, 0) is 29.8 Å². The van der Waals surface area contributed by atoms with E-state index in [-0.39, 0.29) is 5.75 Å². The Morgan fingerprint density at radius 1 is 1.10 bits per heavy atom. The number of ether oxygens (including phenoxy) is 1. The average Bonchev–Trinajstić information content (AvgIpc) is 2.82. The number of nitrogens with zero attached hydrogens (tertiary/aromatic N) is 1. The number of thiazole rings is 1. The third kappa shape index (κ3) is 2.76. The van der Waals surface area contributed by atoms with Gasteiger partial charge in [-0.1, -0.05) is 23.5 Å². The van der Waals surface area contributed by atoms with Gasteiger partial charge in [0, 0.05) is 18.2 Å². The monoisotopic (exact) mass is 298 g/mol. The number of aryl methyl sites for hydroxylation is 1. The zero-order valence-corrected chi connectivity index (χ0v) is 12.7. The predicted octanol–water partition coefficient (Wildman–Crippen LogP) is 3.61. The van der Waals surface area contributed by atoms with Gasteiger partial charge in [0.15, 0.2) is 0 Å². The summed E-state index contributed by atoms with van der Waals surface area (Å²) in [5.74, 6) is 1.16. The van der Waals surface area contributed by atoms with Crippen LogP contribution >= 0.6 is 11.3 Å². The van der Waals surface area contributed by atoms with Gasteiger partial charge < -0.3 is 9.84 Å². The number of benzene rings is 2. The maximum atomic E-state index is 9.29. The molecule has 1 N–H and O–H groups in total. The molecule has 0 saturated carbocycles. The number of aromatic nitrogens is 1. The van der Waals surface area contributed by atoms with Crippen molar-refractivity contribution in [3.8, 4) is 11.5 Å². The highest BCUT2D eigenvalue weighted by atomic mass is 32.1. The van der Waals surface area contributed by atoms with Crippen LogP contribution in [0.5, 0.6) is 11.5 Å². The van der Waals surface area contributed by atoms with E-state index in [0.717, 1.165) is 16.3 Å². The molecular formula is C17H16NO2S+. The molecule has 0 unspecified atom stereocenters. The van der Waals surface area contributed by atoms with E-state index in [1.54, 1.807) is 30.6 Å². The van der Waals surface area contributed by atoms with E-state index < -0.39 is 0 Å². The van der Waals surface area contributed by atoms with Crippen molar-refractivity contribution in [2.45, 2.75) is 0 Å².